The monoisotopic (exact) mass is 381 g/mol. The van der Waals surface area contributed by atoms with Crippen LogP contribution in [-0.4, -0.2) is 28.3 Å². The van der Waals surface area contributed by atoms with Crippen molar-refractivity contribution in [2.45, 2.75) is 45.1 Å². The van der Waals surface area contributed by atoms with Crippen LogP contribution in [0.25, 0.3) is 0 Å². The maximum Gasteiger partial charge on any atom is 0.224 e. The molecule has 3 rings (SSSR count). The average Bonchev–Trinajstić information content (AvgIpc) is 2.70. The van der Waals surface area contributed by atoms with Gasteiger partial charge < -0.3 is 10.6 Å². The molecule has 7 heteroatoms. The molecule has 1 aromatic heterocycles. The fraction of sp³-hybridized carbons (Fsp3) is 0.429. The maximum atomic E-state index is 13.0. The minimum Gasteiger partial charge on any atom is -0.366 e. The second kappa shape index (κ2) is 9.27. The number of nitrogens with one attached hydrogen (secondary N) is 2. The number of benzene rings is 1. The first-order valence-electron chi connectivity index (χ1n) is 9.57. The topological polar surface area (TPSA) is 90.7 Å². The summed E-state index contributed by atoms with van der Waals surface area (Å²) in [6.45, 7) is 2.25. The molecule has 146 valence electrons. The Kier molecular flexibility index (Phi) is 6.53. The van der Waals surface area contributed by atoms with Crippen LogP contribution >= 0.6 is 0 Å². The van der Waals surface area contributed by atoms with E-state index in [4.69, 9.17) is 0 Å². The van der Waals surface area contributed by atoms with Crippen LogP contribution in [0.1, 0.15) is 43.7 Å². The van der Waals surface area contributed by atoms with Gasteiger partial charge in [-0.25, -0.2) is 9.37 Å². The highest BCUT2D eigenvalue weighted by molar-refractivity contribution is 5.78. The largest absolute Gasteiger partial charge is 0.366 e. The first-order chi connectivity index (χ1) is 13.5. The number of nitrogens with zero attached hydrogens (tertiary/aromatic N) is 3. The Morgan fingerprint density at radius 1 is 1.25 bits per heavy atom. The van der Waals surface area contributed by atoms with Gasteiger partial charge in [-0.05, 0) is 56.7 Å². The number of carbonyl (C=O) groups is 1. The predicted octanol–water partition coefficient (Wildman–Crippen LogP) is 3.70. The number of aromatic nitrogens is 2. The van der Waals surface area contributed by atoms with Gasteiger partial charge in [-0.3, -0.25) is 4.79 Å². The summed E-state index contributed by atoms with van der Waals surface area (Å²) in [6.07, 6.45) is 5.71. The van der Waals surface area contributed by atoms with Crippen LogP contribution in [0, 0.1) is 23.1 Å². The Balaban J connectivity index is 1.58. The van der Waals surface area contributed by atoms with Crippen molar-refractivity contribution < 1.29 is 9.18 Å². The fourth-order valence-corrected chi connectivity index (χ4v) is 3.47. The summed E-state index contributed by atoms with van der Waals surface area (Å²) < 4.78 is 13.0. The minimum atomic E-state index is -0.250. The Labute approximate surface area is 164 Å². The first kappa shape index (κ1) is 19.7. The van der Waals surface area contributed by atoms with Crippen LogP contribution in [0.15, 0.2) is 30.5 Å². The van der Waals surface area contributed by atoms with Crippen molar-refractivity contribution in [2.24, 2.45) is 5.92 Å². The molecule has 0 aliphatic heterocycles. The molecule has 1 saturated carbocycles. The molecule has 0 spiro atoms. The lowest BCUT2D eigenvalue weighted by Gasteiger charge is -2.28. The van der Waals surface area contributed by atoms with Crippen LogP contribution in [0.3, 0.4) is 0 Å². The van der Waals surface area contributed by atoms with Crippen molar-refractivity contribution in [1.82, 2.24) is 9.97 Å². The molecular weight excluding hydrogens is 357 g/mol. The average molecular weight is 381 g/mol. The molecule has 1 aromatic carbocycles. The highest BCUT2D eigenvalue weighted by Crippen LogP contribution is 2.27. The quantitative estimate of drug-likeness (QED) is 0.760. The van der Waals surface area contributed by atoms with Crippen molar-refractivity contribution >= 4 is 17.5 Å². The highest BCUT2D eigenvalue weighted by atomic mass is 19.1. The van der Waals surface area contributed by atoms with Gasteiger partial charge in [0.1, 0.15) is 29.1 Å². The van der Waals surface area contributed by atoms with E-state index in [2.05, 4.69) is 26.7 Å². The van der Waals surface area contributed by atoms with E-state index in [0.29, 0.717) is 30.3 Å². The van der Waals surface area contributed by atoms with Gasteiger partial charge in [0.2, 0.25) is 5.95 Å². The molecule has 1 fully saturated rings. The number of carbonyl (C=O) groups excluding carboxylic acids is 1. The number of Topliss-reactive ketones (excluding diaryl/α,β-unsaturated/α-hetero) is 1. The summed E-state index contributed by atoms with van der Waals surface area (Å²) in [6, 6.07) is 8.70. The van der Waals surface area contributed by atoms with E-state index >= 15 is 0 Å². The van der Waals surface area contributed by atoms with E-state index < -0.39 is 0 Å². The second-order valence-corrected chi connectivity index (χ2v) is 7.17. The lowest BCUT2D eigenvalue weighted by molar-refractivity contribution is -0.121. The Morgan fingerprint density at radius 3 is 2.61 bits per heavy atom. The normalized spacial score (nSPS) is 18.9. The number of hydrogen-bond donors (Lipinski definition) is 2. The van der Waals surface area contributed by atoms with Gasteiger partial charge in [-0.15, -0.1) is 0 Å². The number of halogens is 1. The highest BCUT2D eigenvalue weighted by Gasteiger charge is 2.24. The molecule has 0 atom stereocenters. The van der Waals surface area contributed by atoms with E-state index in [0.717, 1.165) is 31.2 Å². The van der Waals surface area contributed by atoms with Gasteiger partial charge >= 0.3 is 0 Å². The SMILES string of the molecule is CC(=O)[C@H]1CC[C@@H](Nc2nc(NCCc3ccc(F)cc3)ncc2C#N)CC1. The van der Waals surface area contributed by atoms with E-state index in [-0.39, 0.29) is 23.6 Å². The Hall–Kier alpha value is -3.01. The molecule has 1 heterocycles. The lowest BCUT2D eigenvalue weighted by Crippen LogP contribution is -2.29. The zero-order chi connectivity index (χ0) is 19.9. The predicted molar refractivity (Wildman–Crippen MR) is 105 cm³/mol. The summed E-state index contributed by atoms with van der Waals surface area (Å²) in [4.78, 5) is 20.2. The van der Waals surface area contributed by atoms with E-state index in [9.17, 15) is 14.4 Å². The first-order valence-corrected chi connectivity index (χ1v) is 9.57. The Morgan fingerprint density at radius 2 is 1.96 bits per heavy atom. The summed E-state index contributed by atoms with van der Waals surface area (Å²) in [7, 11) is 0. The van der Waals surface area contributed by atoms with Crippen LogP contribution in [0.5, 0.6) is 0 Å². The third-order valence-corrected chi connectivity index (χ3v) is 5.16. The molecule has 2 N–H and O–H groups in total. The number of ketones is 1. The molecule has 0 saturated heterocycles. The van der Waals surface area contributed by atoms with Gasteiger partial charge in [-0.2, -0.15) is 10.2 Å². The van der Waals surface area contributed by atoms with Gasteiger partial charge in [0.15, 0.2) is 0 Å². The van der Waals surface area contributed by atoms with Gasteiger partial charge in [-0.1, -0.05) is 12.1 Å². The molecule has 0 amide bonds. The third kappa shape index (κ3) is 5.26. The third-order valence-electron chi connectivity index (χ3n) is 5.16. The smallest absolute Gasteiger partial charge is 0.224 e. The van der Waals surface area contributed by atoms with E-state index in [1.165, 1.54) is 18.3 Å². The molecule has 1 aliphatic carbocycles. The molecule has 0 radical (unpaired) electrons. The van der Waals surface area contributed by atoms with Crippen molar-refractivity contribution in [3.8, 4) is 6.07 Å². The van der Waals surface area contributed by atoms with Gasteiger partial charge in [0.25, 0.3) is 0 Å². The maximum absolute atomic E-state index is 13.0. The summed E-state index contributed by atoms with van der Waals surface area (Å²) in [5.74, 6) is 1.13. The summed E-state index contributed by atoms with van der Waals surface area (Å²) >= 11 is 0. The van der Waals surface area contributed by atoms with Crippen LogP contribution < -0.4 is 10.6 Å². The standard InChI is InChI=1S/C21H24FN5O/c1-14(28)16-4-8-19(9-5-16)26-20-17(12-23)13-25-21(27-20)24-11-10-15-2-6-18(22)7-3-15/h2-3,6-7,13,16,19H,4-5,8-11H2,1H3,(H2,24,25,26,27)/t16-,19+. The minimum absolute atomic E-state index is 0.155. The number of anilines is 2. The van der Waals surface area contributed by atoms with Crippen molar-refractivity contribution in [3.05, 3.63) is 47.4 Å². The molecular formula is C21H24FN5O. The van der Waals surface area contributed by atoms with Crippen molar-refractivity contribution in [1.29, 1.82) is 5.26 Å². The van der Waals surface area contributed by atoms with E-state index in [1.807, 2.05) is 0 Å². The zero-order valence-corrected chi connectivity index (χ0v) is 15.9. The second-order valence-electron chi connectivity index (χ2n) is 7.17. The Bertz CT molecular complexity index is 854. The number of hydrogen-bond acceptors (Lipinski definition) is 6. The van der Waals surface area contributed by atoms with Crippen molar-refractivity contribution in [2.75, 3.05) is 17.2 Å². The van der Waals surface area contributed by atoms with Crippen LogP contribution in [0.4, 0.5) is 16.2 Å². The fourth-order valence-electron chi connectivity index (χ4n) is 3.47. The molecule has 1 aliphatic rings. The lowest BCUT2D eigenvalue weighted by atomic mass is 9.84. The number of nitriles is 1. The summed E-state index contributed by atoms with van der Waals surface area (Å²) in [5.41, 5.74) is 1.42. The van der Waals surface area contributed by atoms with Crippen LogP contribution in [0.2, 0.25) is 0 Å². The molecule has 6 nitrogen and oxygen atoms in total. The van der Waals surface area contributed by atoms with Crippen LogP contribution in [-0.2, 0) is 11.2 Å². The van der Waals surface area contributed by atoms with Gasteiger partial charge in [0, 0.05) is 18.5 Å². The van der Waals surface area contributed by atoms with E-state index in [1.54, 1.807) is 19.1 Å². The molecule has 28 heavy (non-hydrogen) atoms. The summed E-state index contributed by atoms with van der Waals surface area (Å²) in [5, 5.41) is 15.8. The number of rotatable bonds is 7. The molecule has 2 aromatic rings. The molecule has 0 unspecified atom stereocenters. The van der Waals surface area contributed by atoms with Gasteiger partial charge in [0.05, 0.1) is 6.20 Å². The zero-order valence-electron chi connectivity index (χ0n) is 15.9. The molecule has 0 bridgehead atoms. The van der Waals surface area contributed by atoms with Crippen molar-refractivity contribution in [3.63, 3.8) is 0 Å².